The van der Waals surface area contributed by atoms with E-state index in [9.17, 15) is 0 Å². The normalized spacial score (nSPS) is 11.3. The van der Waals surface area contributed by atoms with Crippen LogP contribution in [0.25, 0.3) is 83.6 Å². The number of benzene rings is 7. The lowest BCUT2D eigenvalue weighted by molar-refractivity contribution is 1.16. The summed E-state index contributed by atoms with van der Waals surface area (Å²) in [5.41, 5.74) is 12.9. The van der Waals surface area contributed by atoms with E-state index in [1.807, 2.05) is 12.1 Å². The van der Waals surface area contributed by atoms with Crippen molar-refractivity contribution >= 4 is 21.8 Å². The molecule has 3 nitrogen and oxygen atoms in total. The summed E-state index contributed by atoms with van der Waals surface area (Å²) in [5.74, 6) is 0.686. The van der Waals surface area contributed by atoms with Crippen molar-refractivity contribution in [3.05, 3.63) is 188 Å². The Kier molecular flexibility index (Phi) is 7.14. The van der Waals surface area contributed by atoms with Crippen molar-refractivity contribution in [1.82, 2.24) is 14.5 Å². The lowest BCUT2D eigenvalue weighted by Crippen LogP contribution is -1.98. The first-order valence-electron chi connectivity index (χ1n) is 16.6. The summed E-state index contributed by atoms with van der Waals surface area (Å²) in [4.78, 5) is 10.5. The van der Waals surface area contributed by atoms with Crippen LogP contribution in [0.3, 0.4) is 0 Å². The van der Waals surface area contributed by atoms with Gasteiger partial charge in [-0.25, -0.2) is 9.97 Å². The quantitative estimate of drug-likeness (QED) is 0.184. The molecule has 2 heterocycles. The highest BCUT2D eigenvalue weighted by Gasteiger charge is 2.15. The molecule has 0 spiro atoms. The van der Waals surface area contributed by atoms with E-state index >= 15 is 0 Å². The molecule has 7 aromatic carbocycles. The molecule has 9 rings (SSSR count). The first kappa shape index (κ1) is 28.6. The lowest BCUT2D eigenvalue weighted by Gasteiger charge is -2.13. The molecule has 230 valence electrons. The van der Waals surface area contributed by atoms with Crippen molar-refractivity contribution in [3.63, 3.8) is 0 Å². The van der Waals surface area contributed by atoms with Crippen molar-refractivity contribution in [2.45, 2.75) is 0 Å². The van der Waals surface area contributed by atoms with Gasteiger partial charge >= 0.3 is 0 Å². The Labute approximate surface area is 285 Å². The molecular formula is C46H31N3. The van der Waals surface area contributed by atoms with Gasteiger partial charge in [0, 0.05) is 33.2 Å². The van der Waals surface area contributed by atoms with Crippen LogP contribution in [0.2, 0.25) is 0 Å². The Morgan fingerprint density at radius 1 is 0.306 bits per heavy atom. The molecule has 0 N–H and O–H groups in total. The molecule has 0 aliphatic heterocycles. The maximum atomic E-state index is 5.24. The molecular weight excluding hydrogens is 595 g/mol. The third-order valence-corrected chi connectivity index (χ3v) is 9.20. The van der Waals surface area contributed by atoms with Crippen molar-refractivity contribution < 1.29 is 0 Å². The third kappa shape index (κ3) is 5.38. The second-order valence-electron chi connectivity index (χ2n) is 12.3. The Morgan fingerprint density at radius 3 is 1.29 bits per heavy atom. The minimum absolute atomic E-state index is 0.686. The highest BCUT2D eigenvalue weighted by Crippen LogP contribution is 2.35. The van der Waals surface area contributed by atoms with Gasteiger partial charge < -0.3 is 4.57 Å². The molecule has 0 aliphatic carbocycles. The summed E-state index contributed by atoms with van der Waals surface area (Å²) in [7, 11) is 0. The molecule has 0 amide bonds. The van der Waals surface area contributed by atoms with Gasteiger partial charge in [-0.3, -0.25) is 0 Å². The van der Waals surface area contributed by atoms with Gasteiger partial charge in [-0.15, -0.1) is 0 Å². The zero-order chi connectivity index (χ0) is 32.6. The lowest BCUT2D eigenvalue weighted by atomic mass is 9.99. The SMILES string of the molecule is c1ccc(-c2cccc(-c3cc(-c4cccc(-c5ccccc5)c4)nc(-c4cccc(-n5c6ccccc6c6ccccc65)c4)n3)c2)cc1. The molecule has 3 heteroatoms. The predicted octanol–water partition coefficient (Wildman–Crippen LogP) is 11.9. The van der Waals surface area contributed by atoms with Crippen LogP contribution in [0.5, 0.6) is 0 Å². The Hall–Kier alpha value is -6.58. The predicted molar refractivity (Wildman–Crippen MR) is 204 cm³/mol. The first-order valence-corrected chi connectivity index (χ1v) is 16.6. The van der Waals surface area contributed by atoms with Gasteiger partial charge in [-0.05, 0) is 64.7 Å². The second kappa shape index (κ2) is 12.2. The molecule has 9 aromatic rings. The topological polar surface area (TPSA) is 30.7 Å². The molecule has 0 aliphatic rings. The van der Waals surface area contributed by atoms with Crippen molar-refractivity contribution in [1.29, 1.82) is 0 Å². The fraction of sp³-hybridized carbons (Fsp3) is 0. The number of fused-ring (bicyclic) bond motifs is 3. The largest absolute Gasteiger partial charge is 0.309 e. The molecule has 0 unspecified atom stereocenters. The smallest absolute Gasteiger partial charge is 0.160 e. The van der Waals surface area contributed by atoms with Gasteiger partial charge in [0.05, 0.1) is 22.4 Å². The van der Waals surface area contributed by atoms with Gasteiger partial charge in [0.15, 0.2) is 5.82 Å². The number of hydrogen-bond acceptors (Lipinski definition) is 2. The van der Waals surface area contributed by atoms with Crippen LogP contribution in [-0.2, 0) is 0 Å². The fourth-order valence-corrected chi connectivity index (χ4v) is 6.83. The van der Waals surface area contributed by atoms with Crippen LogP contribution < -0.4 is 0 Å². The number of para-hydroxylation sites is 2. The van der Waals surface area contributed by atoms with Gasteiger partial charge in [0.2, 0.25) is 0 Å². The van der Waals surface area contributed by atoms with E-state index in [1.165, 1.54) is 32.9 Å². The zero-order valence-electron chi connectivity index (χ0n) is 26.7. The minimum Gasteiger partial charge on any atom is -0.309 e. The molecule has 0 atom stereocenters. The van der Waals surface area contributed by atoms with E-state index in [-0.39, 0.29) is 0 Å². The van der Waals surface area contributed by atoms with Gasteiger partial charge in [-0.2, -0.15) is 0 Å². The molecule has 2 aromatic heterocycles. The maximum absolute atomic E-state index is 5.24. The monoisotopic (exact) mass is 625 g/mol. The average molecular weight is 626 g/mol. The number of nitrogens with zero attached hydrogens (tertiary/aromatic N) is 3. The number of rotatable bonds is 6. The molecule has 0 radical (unpaired) electrons. The van der Waals surface area contributed by atoms with E-state index in [2.05, 4.69) is 180 Å². The highest BCUT2D eigenvalue weighted by molar-refractivity contribution is 6.09. The first-order chi connectivity index (χ1) is 24.3. The van der Waals surface area contributed by atoms with Crippen LogP contribution >= 0.6 is 0 Å². The summed E-state index contributed by atoms with van der Waals surface area (Å²) >= 11 is 0. The van der Waals surface area contributed by atoms with Gasteiger partial charge in [0.25, 0.3) is 0 Å². The van der Waals surface area contributed by atoms with Crippen LogP contribution in [-0.4, -0.2) is 14.5 Å². The van der Waals surface area contributed by atoms with Gasteiger partial charge in [-0.1, -0.05) is 146 Å². The van der Waals surface area contributed by atoms with E-state index in [1.54, 1.807) is 0 Å². The van der Waals surface area contributed by atoms with Gasteiger partial charge in [0.1, 0.15) is 0 Å². The van der Waals surface area contributed by atoms with E-state index in [4.69, 9.17) is 9.97 Å². The summed E-state index contributed by atoms with van der Waals surface area (Å²) < 4.78 is 2.34. The summed E-state index contributed by atoms with van der Waals surface area (Å²) in [6.45, 7) is 0. The third-order valence-electron chi connectivity index (χ3n) is 9.20. The Balaban J connectivity index is 1.22. The van der Waals surface area contributed by atoms with Crippen LogP contribution in [0.1, 0.15) is 0 Å². The number of hydrogen-bond donors (Lipinski definition) is 0. The highest BCUT2D eigenvalue weighted by atomic mass is 15.0. The molecule has 0 fully saturated rings. The van der Waals surface area contributed by atoms with Crippen molar-refractivity contribution in [3.8, 4) is 61.8 Å². The Morgan fingerprint density at radius 2 is 0.735 bits per heavy atom. The van der Waals surface area contributed by atoms with E-state index in [0.29, 0.717) is 5.82 Å². The second-order valence-corrected chi connectivity index (χ2v) is 12.3. The summed E-state index contributed by atoms with van der Waals surface area (Å²) in [5, 5.41) is 2.47. The summed E-state index contributed by atoms with van der Waals surface area (Å²) in [6.07, 6.45) is 0. The van der Waals surface area contributed by atoms with Crippen LogP contribution in [0.4, 0.5) is 0 Å². The van der Waals surface area contributed by atoms with E-state index < -0.39 is 0 Å². The fourth-order valence-electron chi connectivity index (χ4n) is 6.83. The Bertz CT molecular complexity index is 2450. The molecule has 0 bridgehead atoms. The van der Waals surface area contributed by atoms with E-state index in [0.717, 1.165) is 44.9 Å². The standard InChI is InChI=1S/C46H31N3/c1-3-14-32(15-4-1)34-18-11-20-36(28-34)42-31-43(37-21-12-19-35(29-37)33-16-5-2-6-17-33)48-46(47-42)38-22-13-23-39(30-38)49-44-26-9-7-24-40(44)41-25-8-10-27-45(41)49/h1-31H. The van der Waals surface area contributed by atoms with Crippen LogP contribution in [0, 0.1) is 0 Å². The molecule has 0 saturated heterocycles. The van der Waals surface area contributed by atoms with Crippen molar-refractivity contribution in [2.75, 3.05) is 0 Å². The maximum Gasteiger partial charge on any atom is 0.160 e. The average Bonchev–Trinajstić information content (AvgIpc) is 3.53. The molecule has 0 saturated carbocycles. The summed E-state index contributed by atoms with van der Waals surface area (Å²) in [6, 6.07) is 66.1. The molecule has 49 heavy (non-hydrogen) atoms. The minimum atomic E-state index is 0.686. The van der Waals surface area contributed by atoms with Crippen molar-refractivity contribution in [2.24, 2.45) is 0 Å². The zero-order valence-corrected chi connectivity index (χ0v) is 26.7. The number of aromatic nitrogens is 3. The van der Waals surface area contributed by atoms with Crippen LogP contribution in [0.15, 0.2) is 188 Å².